The predicted octanol–water partition coefficient (Wildman–Crippen LogP) is 6.46. The Bertz CT molecular complexity index is 807. The van der Waals surface area contributed by atoms with Gasteiger partial charge >= 0.3 is 6.18 Å². The fourth-order valence-corrected chi connectivity index (χ4v) is 3.30. The maximum atomic E-state index is 13.5. The summed E-state index contributed by atoms with van der Waals surface area (Å²) in [7, 11) is 0. The van der Waals surface area contributed by atoms with Crippen molar-refractivity contribution in [1.29, 1.82) is 0 Å². The van der Waals surface area contributed by atoms with Crippen LogP contribution < -0.4 is 5.32 Å². The molecule has 0 saturated heterocycles. The van der Waals surface area contributed by atoms with Crippen LogP contribution in [-0.2, 0) is 6.42 Å². The molecule has 0 radical (unpaired) electrons. The van der Waals surface area contributed by atoms with Gasteiger partial charge in [0.25, 0.3) is 0 Å². The topological polar surface area (TPSA) is 12.0 Å². The minimum absolute atomic E-state index is 0.206. The molecule has 0 bridgehead atoms. The summed E-state index contributed by atoms with van der Waals surface area (Å²) in [4.78, 5) is 0. The Morgan fingerprint density at radius 3 is 2.40 bits per heavy atom. The molecule has 0 aromatic heterocycles. The van der Waals surface area contributed by atoms with Crippen molar-refractivity contribution >= 4 is 35.0 Å². The number of alkyl halides is 3. The Morgan fingerprint density at radius 1 is 1.08 bits per heavy atom. The summed E-state index contributed by atoms with van der Waals surface area (Å²) in [5.74, 6) is -2.86. The zero-order valence-corrected chi connectivity index (χ0v) is 14.3. The lowest BCUT2D eigenvalue weighted by Gasteiger charge is -2.18. The van der Waals surface area contributed by atoms with Gasteiger partial charge in [-0.15, -0.1) is 0 Å². The highest BCUT2D eigenvalue weighted by atomic mass is 35.5. The first-order valence-corrected chi connectivity index (χ1v) is 8.27. The SMILES string of the molecule is Fc1c(Cl)cc(C(C=Cc2ccc3c(c2)CCN3)C(F)(F)F)cc1Cl. The third kappa shape index (κ3) is 3.93. The van der Waals surface area contributed by atoms with Crippen LogP contribution in [0.15, 0.2) is 36.4 Å². The first-order chi connectivity index (χ1) is 11.8. The molecule has 2 aromatic rings. The van der Waals surface area contributed by atoms with Crippen LogP contribution in [0.3, 0.4) is 0 Å². The summed E-state index contributed by atoms with van der Waals surface area (Å²) < 4.78 is 53.8. The number of nitrogens with one attached hydrogen (secondary N) is 1. The maximum Gasteiger partial charge on any atom is 0.399 e. The fourth-order valence-electron chi connectivity index (χ4n) is 2.80. The van der Waals surface area contributed by atoms with Gasteiger partial charge in [-0.3, -0.25) is 0 Å². The Balaban J connectivity index is 1.95. The number of rotatable bonds is 3. The van der Waals surface area contributed by atoms with Gasteiger partial charge in [0.1, 0.15) is 0 Å². The number of hydrogen-bond donors (Lipinski definition) is 1. The van der Waals surface area contributed by atoms with Crippen LogP contribution in [0.4, 0.5) is 23.2 Å². The highest BCUT2D eigenvalue weighted by molar-refractivity contribution is 6.35. The Morgan fingerprint density at radius 2 is 1.76 bits per heavy atom. The fraction of sp³-hybridized carbons (Fsp3) is 0.222. The summed E-state index contributed by atoms with van der Waals surface area (Å²) in [6.45, 7) is 0.820. The van der Waals surface area contributed by atoms with Gasteiger partial charge < -0.3 is 5.32 Å². The smallest absolute Gasteiger partial charge is 0.384 e. The minimum atomic E-state index is -4.56. The maximum absolute atomic E-state index is 13.5. The van der Waals surface area contributed by atoms with Crippen molar-refractivity contribution < 1.29 is 17.6 Å². The molecule has 0 spiro atoms. The van der Waals surface area contributed by atoms with Crippen molar-refractivity contribution in [1.82, 2.24) is 0 Å². The second-order valence-electron chi connectivity index (χ2n) is 5.77. The van der Waals surface area contributed by atoms with E-state index < -0.39 is 28.0 Å². The van der Waals surface area contributed by atoms with Gasteiger partial charge in [-0.25, -0.2) is 4.39 Å². The molecule has 25 heavy (non-hydrogen) atoms. The average molecular weight is 390 g/mol. The van der Waals surface area contributed by atoms with Crippen LogP contribution >= 0.6 is 23.2 Å². The first kappa shape index (κ1) is 18.1. The van der Waals surface area contributed by atoms with Crippen molar-refractivity contribution in [3.63, 3.8) is 0 Å². The van der Waals surface area contributed by atoms with E-state index in [4.69, 9.17) is 23.2 Å². The van der Waals surface area contributed by atoms with Crippen molar-refractivity contribution in [3.8, 4) is 0 Å². The third-order valence-corrected chi connectivity index (χ3v) is 4.59. The van der Waals surface area contributed by atoms with E-state index in [9.17, 15) is 17.6 Å². The molecule has 1 heterocycles. The Kier molecular flexibility index (Phi) is 4.98. The standard InChI is InChI=1S/C18H13Cl2F4N/c19-14-8-12(9-15(20)17(14)21)13(18(22,23)24)3-1-10-2-4-16-11(7-10)5-6-25-16/h1-4,7-9,13,25H,5-6H2. The van der Waals surface area contributed by atoms with E-state index in [2.05, 4.69) is 5.32 Å². The monoisotopic (exact) mass is 389 g/mol. The van der Waals surface area contributed by atoms with Crippen LogP contribution in [0, 0.1) is 5.82 Å². The molecular weight excluding hydrogens is 377 g/mol. The Hall–Kier alpha value is -1.72. The van der Waals surface area contributed by atoms with E-state index in [0.717, 1.165) is 42.4 Å². The lowest BCUT2D eigenvalue weighted by atomic mass is 9.96. The molecule has 3 rings (SSSR count). The van der Waals surface area contributed by atoms with Crippen LogP contribution in [0.5, 0.6) is 0 Å². The molecule has 1 unspecified atom stereocenters. The largest absolute Gasteiger partial charge is 0.399 e. The molecule has 1 aliphatic heterocycles. The van der Waals surface area contributed by atoms with Crippen LogP contribution in [0.1, 0.15) is 22.6 Å². The number of fused-ring (bicyclic) bond motifs is 1. The number of benzene rings is 2. The second kappa shape index (κ2) is 6.89. The summed E-state index contributed by atoms with van der Waals surface area (Å²) in [6.07, 6.45) is -1.28. The van der Waals surface area contributed by atoms with Crippen LogP contribution in [-0.4, -0.2) is 12.7 Å². The highest BCUT2D eigenvalue weighted by Crippen LogP contribution is 2.39. The van der Waals surface area contributed by atoms with Gasteiger partial charge in [-0.2, -0.15) is 13.2 Å². The van der Waals surface area contributed by atoms with E-state index in [0.29, 0.717) is 5.56 Å². The van der Waals surface area contributed by atoms with Gasteiger partial charge in [0.05, 0.1) is 16.0 Å². The summed E-state index contributed by atoms with van der Waals surface area (Å²) in [5, 5.41) is 2.32. The summed E-state index contributed by atoms with van der Waals surface area (Å²) in [5.41, 5.74) is 2.53. The lowest BCUT2D eigenvalue weighted by molar-refractivity contribution is -0.139. The molecule has 7 heteroatoms. The van der Waals surface area contributed by atoms with E-state index in [1.807, 2.05) is 12.1 Å². The normalized spacial score (nSPS) is 15.3. The molecule has 1 nitrogen and oxygen atoms in total. The number of allylic oxidation sites excluding steroid dienone is 1. The molecule has 1 aliphatic rings. The number of halogens is 6. The molecule has 0 fully saturated rings. The van der Waals surface area contributed by atoms with E-state index >= 15 is 0 Å². The zero-order valence-electron chi connectivity index (χ0n) is 12.8. The van der Waals surface area contributed by atoms with E-state index in [1.165, 1.54) is 6.08 Å². The first-order valence-electron chi connectivity index (χ1n) is 7.52. The van der Waals surface area contributed by atoms with Crippen molar-refractivity contribution in [2.75, 3.05) is 11.9 Å². The molecule has 0 saturated carbocycles. The van der Waals surface area contributed by atoms with Gasteiger partial charge in [0, 0.05) is 12.2 Å². The highest BCUT2D eigenvalue weighted by Gasteiger charge is 2.39. The lowest BCUT2D eigenvalue weighted by Crippen LogP contribution is -2.19. The van der Waals surface area contributed by atoms with Gasteiger partial charge in [0.2, 0.25) is 0 Å². The molecular formula is C18H13Cl2F4N. The molecule has 0 aliphatic carbocycles. The average Bonchev–Trinajstić information content (AvgIpc) is 2.99. The second-order valence-corrected chi connectivity index (χ2v) is 6.58. The predicted molar refractivity (Wildman–Crippen MR) is 92.9 cm³/mol. The Labute approximate surface area is 152 Å². The van der Waals surface area contributed by atoms with Crippen molar-refractivity contribution in [3.05, 3.63) is 69.0 Å². The third-order valence-electron chi connectivity index (χ3n) is 4.04. The van der Waals surface area contributed by atoms with Crippen LogP contribution in [0.25, 0.3) is 6.08 Å². The zero-order chi connectivity index (χ0) is 18.2. The summed E-state index contributed by atoms with van der Waals surface area (Å²) >= 11 is 11.3. The quantitative estimate of drug-likeness (QED) is 0.469. The van der Waals surface area contributed by atoms with E-state index in [1.54, 1.807) is 6.07 Å². The molecule has 2 aromatic carbocycles. The molecule has 1 atom stereocenters. The minimum Gasteiger partial charge on any atom is -0.384 e. The van der Waals surface area contributed by atoms with Gasteiger partial charge in [0.15, 0.2) is 5.82 Å². The summed E-state index contributed by atoms with van der Waals surface area (Å²) in [6, 6.07) is 7.35. The van der Waals surface area contributed by atoms with Gasteiger partial charge in [-0.05, 0) is 47.4 Å². The van der Waals surface area contributed by atoms with E-state index in [-0.39, 0.29) is 5.56 Å². The molecule has 1 N–H and O–H groups in total. The number of anilines is 1. The number of hydrogen-bond acceptors (Lipinski definition) is 1. The van der Waals surface area contributed by atoms with Crippen molar-refractivity contribution in [2.45, 2.75) is 18.5 Å². The molecule has 132 valence electrons. The van der Waals surface area contributed by atoms with Crippen molar-refractivity contribution in [2.24, 2.45) is 0 Å². The van der Waals surface area contributed by atoms with Gasteiger partial charge in [-0.1, -0.05) is 41.4 Å². The molecule has 0 amide bonds. The van der Waals surface area contributed by atoms with Crippen LogP contribution in [0.2, 0.25) is 10.0 Å².